The molecular weight excluding hydrogens is 247 g/mol. The summed E-state index contributed by atoms with van der Waals surface area (Å²) in [5, 5.41) is 8.94. The van der Waals surface area contributed by atoms with Crippen LogP contribution in [0.3, 0.4) is 0 Å². The Morgan fingerprint density at radius 1 is 1.62 bits per heavy atom. The third-order valence-corrected chi connectivity index (χ3v) is 4.93. The quantitative estimate of drug-likeness (QED) is 0.613. The molecule has 2 nitrogen and oxygen atoms in total. The van der Waals surface area contributed by atoms with Gasteiger partial charge in [0.15, 0.2) is 4.34 Å². The van der Waals surface area contributed by atoms with Crippen LogP contribution in [0.15, 0.2) is 4.34 Å². The summed E-state index contributed by atoms with van der Waals surface area (Å²) in [5.74, 6) is 1.37. The van der Waals surface area contributed by atoms with E-state index < -0.39 is 4.33 Å². The highest BCUT2D eigenvalue weighted by Crippen LogP contribution is 2.54. The number of nitrogens with zero attached hydrogens (tertiary/aromatic N) is 2. The van der Waals surface area contributed by atoms with Gasteiger partial charge in [-0.15, -0.1) is 33.4 Å². The first-order valence-corrected chi connectivity index (χ1v) is 6.44. The van der Waals surface area contributed by atoms with Gasteiger partial charge < -0.3 is 0 Å². The number of rotatable bonds is 3. The SMILES string of the molecule is Cc1nnc(SCC2CC2(Cl)Cl)s1. The van der Waals surface area contributed by atoms with Gasteiger partial charge in [0.05, 0.1) is 0 Å². The zero-order valence-electron chi connectivity index (χ0n) is 6.96. The van der Waals surface area contributed by atoms with Crippen LogP contribution in [0, 0.1) is 12.8 Å². The predicted octanol–water partition coefficient (Wildman–Crippen LogP) is 3.13. The van der Waals surface area contributed by atoms with Gasteiger partial charge in [0.2, 0.25) is 0 Å². The maximum atomic E-state index is 5.90. The van der Waals surface area contributed by atoms with Crippen LogP contribution in [0.25, 0.3) is 0 Å². The van der Waals surface area contributed by atoms with Crippen LogP contribution in [-0.2, 0) is 0 Å². The molecule has 1 saturated carbocycles. The van der Waals surface area contributed by atoms with Crippen molar-refractivity contribution in [3.63, 3.8) is 0 Å². The molecule has 0 saturated heterocycles. The van der Waals surface area contributed by atoms with Gasteiger partial charge in [0, 0.05) is 11.7 Å². The molecule has 0 bridgehead atoms. The summed E-state index contributed by atoms with van der Waals surface area (Å²) in [7, 11) is 0. The van der Waals surface area contributed by atoms with E-state index in [0.717, 1.165) is 21.5 Å². The van der Waals surface area contributed by atoms with Gasteiger partial charge in [-0.1, -0.05) is 23.1 Å². The average Bonchev–Trinajstić information content (AvgIpc) is 2.45. The second kappa shape index (κ2) is 3.57. The molecule has 1 heterocycles. The van der Waals surface area contributed by atoms with Gasteiger partial charge in [-0.25, -0.2) is 0 Å². The molecule has 6 heteroatoms. The van der Waals surface area contributed by atoms with E-state index >= 15 is 0 Å². The summed E-state index contributed by atoms with van der Waals surface area (Å²) in [5.41, 5.74) is 0. The lowest BCUT2D eigenvalue weighted by atomic mass is 10.5. The Bertz CT molecular complexity index is 313. The largest absolute Gasteiger partial charge is 0.174 e. The van der Waals surface area contributed by atoms with Crippen LogP contribution in [0.5, 0.6) is 0 Å². The molecule has 0 aromatic carbocycles. The van der Waals surface area contributed by atoms with Crippen LogP contribution < -0.4 is 0 Å². The molecule has 72 valence electrons. The fourth-order valence-corrected chi connectivity index (χ4v) is 3.73. The zero-order valence-corrected chi connectivity index (χ0v) is 10.1. The van der Waals surface area contributed by atoms with E-state index in [2.05, 4.69) is 10.2 Å². The highest BCUT2D eigenvalue weighted by atomic mass is 35.5. The summed E-state index contributed by atoms with van der Waals surface area (Å²) >= 11 is 15.1. The molecule has 1 aliphatic carbocycles. The van der Waals surface area contributed by atoms with Crippen molar-refractivity contribution in [2.75, 3.05) is 5.75 Å². The van der Waals surface area contributed by atoms with Crippen LogP contribution in [0.2, 0.25) is 0 Å². The number of aryl methyl sites for hydroxylation is 1. The van der Waals surface area contributed by atoms with Crippen LogP contribution in [-0.4, -0.2) is 20.3 Å². The molecule has 13 heavy (non-hydrogen) atoms. The van der Waals surface area contributed by atoms with Crippen molar-refractivity contribution in [1.29, 1.82) is 0 Å². The first-order chi connectivity index (χ1) is 6.08. The Morgan fingerprint density at radius 3 is 2.77 bits per heavy atom. The van der Waals surface area contributed by atoms with Gasteiger partial charge in [-0.3, -0.25) is 0 Å². The number of halogens is 2. The fourth-order valence-electron chi connectivity index (χ4n) is 0.959. The monoisotopic (exact) mass is 254 g/mol. The number of aromatic nitrogens is 2. The summed E-state index contributed by atoms with van der Waals surface area (Å²) < 4.78 is 0.542. The van der Waals surface area contributed by atoms with Crippen molar-refractivity contribution in [3.8, 4) is 0 Å². The Kier molecular flexibility index (Phi) is 2.75. The van der Waals surface area contributed by atoms with Gasteiger partial charge >= 0.3 is 0 Å². The molecule has 1 aromatic heterocycles. The topological polar surface area (TPSA) is 25.8 Å². The maximum absolute atomic E-state index is 5.90. The van der Waals surface area contributed by atoms with Gasteiger partial charge in [0.25, 0.3) is 0 Å². The molecule has 2 rings (SSSR count). The molecule has 0 aliphatic heterocycles. The van der Waals surface area contributed by atoms with Crippen LogP contribution in [0.4, 0.5) is 0 Å². The fraction of sp³-hybridized carbons (Fsp3) is 0.714. The van der Waals surface area contributed by atoms with Crippen LogP contribution in [0.1, 0.15) is 11.4 Å². The zero-order chi connectivity index (χ0) is 9.47. The molecule has 1 unspecified atom stereocenters. The van der Waals surface area contributed by atoms with Gasteiger partial charge in [-0.2, -0.15) is 0 Å². The van der Waals surface area contributed by atoms with E-state index in [1.54, 1.807) is 23.1 Å². The lowest BCUT2D eigenvalue weighted by Crippen LogP contribution is -1.92. The van der Waals surface area contributed by atoms with Crippen molar-refractivity contribution >= 4 is 46.3 Å². The van der Waals surface area contributed by atoms with Gasteiger partial charge in [0.1, 0.15) is 9.34 Å². The predicted molar refractivity (Wildman–Crippen MR) is 57.9 cm³/mol. The van der Waals surface area contributed by atoms with Gasteiger partial charge in [-0.05, 0) is 13.3 Å². The van der Waals surface area contributed by atoms with Crippen molar-refractivity contribution in [1.82, 2.24) is 10.2 Å². The van der Waals surface area contributed by atoms with E-state index in [-0.39, 0.29) is 0 Å². The molecule has 0 radical (unpaired) electrons. The van der Waals surface area contributed by atoms with Crippen molar-refractivity contribution in [2.45, 2.75) is 22.0 Å². The third kappa shape index (κ3) is 2.49. The van der Waals surface area contributed by atoms with Crippen molar-refractivity contribution in [3.05, 3.63) is 5.01 Å². The molecule has 0 N–H and O–H groups in total. The minimum atomic E-state index is -0.466. The highest BCUT2D eigenvalue weighted by Gasteiger charge is 2.51. The summed E-state index contributed by atoms with van der Waals surface area (Å²) in [6, 6.07) is 0. The first-order valence-electron chi connectivity index (χ1n) is 3.88. The first kappa shape index (κ1) is 10.0. The minimum absolute atomic E-state index is 0.421. The lowest BCUT2D eigenvalue weighted by molar-refractivity contribution is 0.959. The third-order valence-electron chi connectivity index (χ3n) is 1.87. The molecule has 1 atom stereocenters. The van der Waals surface area contributed by atoms with Crippen LogP contribution >= 0.6 is 46.3 Å². The lowest BCUT2D eigenvalue weighted by Gasteiger charge is -1.96. The second-order valence-corrected chi connectivity index (χ2v) is 7.05. The Balaban J connectivity index is 1.81. The maximum Gasteiger partial charge on any atom is 0.174 e. The number of hydrogen-bond donors (Lipinski definition) is 0. The van der Waals surface area contributed by atoms with E-state index in [1.165, 1.54) is 0 Å². The summed E-state index contributed by atoms with van der Waals surface area (Å²) in [6.45, 7) is 1.95. The normalized spacial score (nSPS) is 24.7. The standard InChI is InChI=1S/C7H8Cl2N2S2/c1-4-10-11-6(13-4)12-3-5-2-7(5,8)9/h5H,2-3H2,1H3. The number of thioether (sulfide) groups is 1. The summed E-state index contributed by atoms with van der Waals surface area (Å²) in [6.07, 6.45) is 0.904. The van der Waals surface area contributed by atoms with E-state index in [0.29, 0.717) is 5.92 Å². The highest BCUT2D eigenvalue weighted by molar-refractivity contribution is 8.01. The van der Waals surface area contributed by atoms with Crippen molar-refractivity contribution in [2.24, 2.45) is 5.92 Å². The molecule has 1 aliphatic rings. The Labute approximate surface area is 95.0 Å². The Morgan fingerprint density at radius 2 is 2.31 bits per heavy atom. The molecule has 0 spiro atoms. The molecule has 1 aromatic rings. The Hall–Kier alpha value is 0.490. The van der Waals surface area contributed by atoms with Crippen molar-refractivity contribution < 1.29 is 0 Å². The van der Waals surface area contributed by atoms with E-state index in [1.807, 2.05) is 6.92 Å². The smallest absolute Gasteiger partial charge is 0.143 e. The van der Waals surface area contributed by atoms with E-state index in [9.17, 15) is 0 Å². The second-order valence-electron chi connectivity index (χ2n) is 3.06. The summed E-state index contributed by atoms with van der Waals surface area (Å²) in [4.78, 5) is 0. The number of hydrogen-bond acceptors (Lipinski definition) is 4. The number of alkyl halides is 2. The molecule has 0 amide bonds. The minimum Gasteiger partial charge on any atom is -0.143 e. The van der Waals surface area contributed by atoms with E-state index in [4.69, 9.17) is 23.2 Å². The molecule has 1 fully saturated rings. The molecular formula is C7H8Cl2N2S2. The average molecular weight is 255 g/mol.